The Morgan fingerprint density at radius 2 is 1.29 bits per heavy atom. The fraction of sp³-hybridized carbons (Fsp3) is 0.629. The molecule has 0 aliphatic rings. The molecule has 0 spiro atoms. The highest BCUT2D eigenvalue weighted by Crippen LogP contribution is 2.17. The standard InChI is InChI=1S/C35H55N3O3/c1-3-5-6-7-8-9-10-11-12-13-14-15-16-17-18-22-27-36-35(40)41-30-29-38(33-25-20-19-21-26-33)34(39)32-24-23-28-37(4-2)31-32/h19-21,23-26,28,31H,3-18,22,27,29-30H2,1-2H3/p+1. The lowest BCUT2D eigenvalue weighted by atomic mass is 10.0. The van der Waals surface area contributed by atoms with E-state index >= 15 is 0 Å². The first-order chi connectivity index (χ1) is 20.2. The number of alkyl carbamates (subject to hydrolysis) is 1. The number of pyridine rings is 1. The van der Waals surface area contributed by atoms with Crippen LogP contribution in [0.3, 0.4) is 0 Å². The van der Waals surface area contributed by atoms with Crippen LogP contribution < -0.4 is 14.8 Å². The minimum Gasteiger partial charge on any atom is -0.448 e. The van der Waals surface area contributed by atoms with Gasteiger partial charge in [0.25, 0.3) is 5.91 Å². The first-order valence-electron chi connectivity index (χ1n) is 16.4. The second kappa shape index (κ2) is 22.8. The van der Waals surface area contributed by atoms with Crippen LogP contribution in [0.1, 0.15) is 127 Å². The van der Waals surface area contributed by atoms with Crippen molar-refractivity contribution >= 4 is 17.7 Å². The number of para-hydroxylation sites is 1. The minimum absolute atomic E-state index is 0.115. The maximum absolute atomic E-state index is 13.3. The summed E-state index contributed by atoms with van der Waals surface area (Å²) in [6, 6.07) is 13.2. The molecule has 1 aromatic carbocycles. The molecule has 0 saturated heterocycles. The number of nitrogens with one attached hydrogen (secondary N) is 1. The van der Waals surface area contributed by atoms with E-state index in [2.05, 4.69) is 12.2 Å². The van der Waals surface area contributed by atoms with Crippen LogP contribution in [0.4, 0.5) is 10.5 Å². The van der Waals surface area contributed by atoms with Gasteiger partial charge in [-0.05, 0) is 31.5 Å². The van der Waals surface area contributed by atoms with Crippen molar-refractivity contribution in [2.75, 3.05) is 24.6 Å². The fourth-order valence-electron chi connectivity index (χ4n) is 5.10. The number of unbranched alkanes of at least 4 members (excludes halogenated alkanes) is 15. The molecule has 228 valence electrons. The number of rotatable bonds is 23. The Kier molecular flexibility index (Phi) is 19.0. The highest BCUT2D eigenvalue weighted by molar-refractivity contribution is 6.05. The predicted molar refractivity (Wildman–Crippen MR) is 169 cm³/mol. The van der Waals surface area contributed by atoms with Gasteiger partial charge in [-0.15, -0.1) is 0 Å². The van der Waals surface area contributed by atoms with Crippen LogP contribution >= 0.6 is 0 Å². The van der Waals surface area contributed by atoms with E-state index in [0.717, 1.165) is 25.1 Å². The summed E-state index contributed by atoms with van der Waals surface area (Å²) in [6.45, 7) is 6.14. The van der Waals surface area contributed by atoms with Gasteiger partial charge in [0.2, 0.25) is 0 Å². The molecule has 0 radical (unpaired) electrons. The van der Waals surface area contributed by atoms with Gasteiger partial charge >= 0.3 is 6.09 Å². The van der Waals surface area contributed by atoms with E-state index in [1.54, 1.807) is 4.90 Å². The Hall–Kier alpha value is -2.89. The average Bonchev–Trinajstić information content (AvgIpc) is 3.01. The zero-order valence-electron chi connectivity index (χ0n) is 26.0. The van der Waals surface area contributed by atoms with Gasteiger partial charge in [-0.2, -0.15) is 0 Å². The molecule has 6 nitrogen and oxygen atoms in total. The smallest absolute Gasteiger partial charge is 0.407 e. The minimum atomic E-state index is -0.421. The lowest BCUT2D eigenvalue weighted by Gasteiger charge is -2.22. The van der Waals surface area contributed by atoms with E-state index in [1.165, 1.54) is 89.9 Å². The van der Waals surface area contributed by atoms with Gasteiger partial charge in [0.1, 0.15) is 18.7 Å². The van der Waals surface area contributed by atoms with Crippen LogP contribution in [-0.4, -0.2) is 31.7 Å². The molecule has 0 aliphatic heterocycles. The number of aromatic nitrogens is 1. The molecule has 2 aromatic rings. The third-order valence-electron chi connectivity index (χ3n) is 7.63. The van der Waals surface area contributed by atoms with Gasteiger partial charge in [0.05, 0.1) is 6.54 Å². The number of carbonyl (C=O) groups is 2. The van der Waals surface area contributed by atoms with Crippen molar-refractivity contribution in [3.05, 3.63) is 60.4 Å². The van der Waals surface area contributed by atoms with E-state index in [-0.39, 0.29) is 19.1 Å². The molecule has 2 rings (SSSR count). The average molecular weight is 567 g/mol. The molecule has 0 aliphatic carbocycles. The maximum Gasteiger partial charge on any atom is 0.407 e. The first-order valence-corrected chi connectivity index (χ1v) is 16.4. The first kappa shape index (κ1) is 34.3. The fourth-order valence-corrected chi connectivity index (χ4v) is 5.10. The molecular formula is C35H56N3O3+. The van der Waals surface area contributed by atoms with Gasteiger partial charge in [0.15, 0.2) is 12.4 Å². The monoisotopic (exact) mass is 566 g/mol. The molecule has 6 heteroatoms. The second-order valence-electron chi connectivity index (χ2n) is 11.1. The number of hydrogen-bond acceptors (Lipinski definition) is 3. The number of hydrogen-bond donors (Lipinski definition) is 1. The Morgan fingerprint density at radius 3 is 1.85 bits per heavy atom. The molecule has 0 atom stereocenters. The summed E-state index contributed by atoms with van der Waals surface area (Å²) < 4.78 is 7.38. The molecule has 0 fully saturated rings. The van der Waals surface area contributed by atoms with Crippen LogP contribution in [0.25, 0.3) is 0 Å². The lowest BCUT2D eigenvalue weighted by molar-refractivity contribution is -0.693. The number of nitrogens with zero attached hydrogens (tertiary/aromatic N) is 2. The van der Waals surface area contributed by atoms with Gasteiger partial charge in [-0.25, -0.2) is 9.36 Å². The molecule has 0 bridgehead atoms. The molecule has 2 amide bonds. The normalized spacial score (nSPS) is 10.9. The number of anilines is 1. The summed E-state index contributed by atoms with van der Waals surface area (Å²) in [4.78, 5) is 27.2. The topological polar surface area (TPSA) is 62.5 Å². The summed E-state index contributed by atoms with van der Waals surface area (Å²) in [5, 5.41) is 2.85. The Morgan fingerprint density at radius 1 is 0.732 bits per heavy atom. The summed E-state index contributed by atoms with van der Waals surface area (Å²) >= 11 is 0. The van der Waals surface area contributed by atoms with Crippen LogP contribution in [0.15, 0.2) is 54.9 Å². The van der Waals surface area contributed by atoms with Crippen molar-refractivity contribution in [1.29, 1.82) is 0 Å². The molecule has 1 aromatic heterocycles. The third-order valence-corrected chi connectivity index (χ3v) is 7.63. The van der Waals surface area contributed by atoms with Crippen LogP contribution in [0.2, 0.25) is 0 Å². The number of ether oxygens (including phenoxy) is 1. The molecule has 1 heterocycles. The van der Waals surface area contributed by atoms with Gasteiger partial charge in [0, 0.05) is 18.3 Å². The number of carbonyl (C=O) groups excluding carboxylic acids is 2. The number of benzene rings is 1. The summed E-state index contributed by atoms with van der Waals surface area (Å²) in [6.07, 6.45) is 24.7. The number of aryl methyl sites for hydroxylation is 1. The quantitative estimate of drug-likeness (QED) is 0.108. The van der Waals surface area contributed by atoms with E-state index in [9.17, 15) is 9.59 Å². The second-order valence-corrected chi connectivity index (χ2v) is 11.1. The van der Waals surface area contributed by atoms with Crippen LogP contribution in [0.5, 0.6) is 0 Å². The lowest BCUT2D eigenvalue weighted by Crippen LogP contribution is -2.38. The SMILES string of the molecule is CCCCCCCCCCCCCCCCCCNC(=O)OCCN(C(=O)c1ccc[n+](CC)c1)c1ccccc1. The maximum atomic E-state index is 13.3. The summed E-state index contributed by atoms with van der Waals surface area (Å²) in [5.41, 5.74) is 1.38. The molecule has 1 N–H and O–H groups in total. The van der Waals surface area contributed by atoms with Crippen LogP contribution in [0, 0.1) is 0 Å². The summed E-state index contributed by atoms with van der Waals surface area (Å²) in [7, 11) is 0. The van der Waals surface area contributed by atoms with E-state index in [1.807, 2.05) is 66.3 Å². The highest BCUT2D eigenvalue weighted by Gasteiger charge is 2.20. The Labute approximate surface area is 249 Å². The van der Waals surface area contributed by atoms with Crippen molar-refractivity contribution in [2.45, 2.75) is 123 Å². The zero-order valence-corrected chi connectivity index (χ0v) is 26.0. The van der Waals surface area contributed by atoms with Crippen molar-refractivity contribution in [3.63, 3.8) is 0 Å². The molecule has 0 unspecified atom stereocenters. The largest absolute Gasteiger partial charge is 0.448 e. The molecular weight excluding hydrogens is 510 g/mol. The van der Waals surface area contributed by atoms with Crippen molar-refractivity contribution in [1.82, 2.24) is 5.32 Å². The van der Waals surface area contributed by atoms with E-state index < -0.39 is 6.09 Å². The van der Waals surface area contributed by atoms with E-state index in [0.29, 0.717) is 12.1 Å². The molecule has 41 heavy (non-hydrogen) atoms. The van der Waals surface area contributed by atoms with Crippen molar-refractivity contribution in [2.24, 2.45) is 0 Å². The Balaban J connectivity index is 1.51. The van der Waals surface area contributed by atoms with Crippen LogP contribution in [-0.2, 0) is 11.3 Å². The van der Waals surface area contributed by atoms with Gasteiger partial charge in [-0.3, -0.25) is 4.79 Å². The summed E-state index contributed by atoms with van der Waals surface area (Å²) in [5.74, 6) is -0.115. The van der Waals surface area contributed by atoms with E-state index in [4.69, 9.17) is 4.74 Å². The van der Waals surface area contributed by atoms with Crippen molar-refractivity contribution in [3.8, 4) is 0 Å². The highest BCUT2D eigenvalue weighted by atomic mass is 16.5. The number of amides is 2. The third kappa shape index (κ3) is 15.6. The predicted octanol–water partition coefficient (Wildman–Crippen LogP) is 8.63. The van der Waals surface area contributed by atoms with Crippen molar-refractivity contribution < 1.29 is 18.9 Å². The zero-order chi connectivity index (χ0) is 29.4. The molecule has 0 saturated carbocycles. The van der Waals surface area contributed by atoms with Gasteiger partial charge in [-0.1, -0.05) is 121 Å². The Bertz CT molecular complexity index is 951. The van der Waals surface area contributed by atoms with Gasteiger partial charge < -0.3 is 15.0 Å².